The van der Waals surface area contributed by atoms with Crippen LogP contribution in [0.15, 0.2) is 17.1 Å². The van der Waals surface area contributed by atoms with Crippen LogP contribution in [0.1, 0.15) is 13.2 Å². The first-order valence-electron chi connectivity index (χ1n) is 6.61. The Hall–Kier alpha value is -1.52. The Kier molecular flexibility index (Phi) is 4.91. The Morgan fingerprint density at radius 3 is 2.71 bits per heavy atom. The second-order valence-electron chi connectivity index (χ2n) is 4.66. The normalized spacial score (nSPS) is 32.9. The lowest BCUT2D eigenvalue weighted by Crippen LogP contribution is -2.57. The van der Waals surface area contributed by atoms with Gasteiger partial charge in [0.2, 0.25) is 0 Å². The number of hydrogen-bond donors (Lipinski definition) is 4. The first-order valence-corrected chi connectivity index (χ1v) is 6.61. The predicted octanol–water partition coefficient (Wildman–Crippen LogP) is -2.42. The van der Waals surface area contributed by atoms with Crippen molar-refractivity contribution in [3.05, 3.63) is 22.6 Å². The molecule has 1 aromatic rings. The molecule has 1 fully saturated rings. The van der Waals surface area contributed by atoms with Crippen molar-refractivity contribution in [1.82, 2.24) is 9.55 Å². The Labute approximate surface area is 120 Å². The van der Waals surface area contributed by atoms with Gasteiger partial charge in [0, 0.05) is 18.8 Å². The highest BCUT2D eigenvalue weighted by molar-refractivity contribution is 5.03. The van der Waals surface area contributed by atoms with E-state index < -0.39 is 36.2 Å². The molecule has 2 heterocycles. The molecule has 21 heavy (non-hydrogen) atoms. The van der Waals surface area contributed by atoms with E-state index in [1.54, 1.807) is 6.92 Å². The van der Waals surface area contributed by atoms with E-state index in [2.05, 4.69) is 4.98 Å². The van der Waals surface area contributed by atoms with Crippen molar-refractivity contribution in [1.29, 1.82) is 0 Å². The molecule has 118 valence electrons. The van der Waals surface area contributed by atoms with E-state index in [1.807, 2.05) is 0 Å². The van der Waals surface area contributed by atoms with Gasteiger partial charge >= 0.3 is 6.01 Å². The molecular weight excluding hydrogens is 282 g/mol. The average molecular weight is 301 g/mol. The second-order valence-corrected chi connectivity index (χ2v) is 4.66. The van der Waals surface area contributed by atoms with E-state index in [-0.39, 0.29) is 19.2 Å². The summed E-state index contributed by atoms with van der Waals surface area (Å²) in [5, 5.41) is 29.7. The van der Waals surface area contributed by atoms with Crippen LogP contribution in [0.25, 0.3) is 0 Å². The van der Waals surface area contributed by atoms with Crippen LogP contribution < -0.4 is 16.0 Å². The van der Waals surface area contributed by atoms with E-state index in [9.17, 15) is 20.1 Å². The molecule has 1 aliphatic heterocycles. The topological polar surface area (TPSA) is 140 Å². The number of hydrogen-bond acceptors (Lipinski definition) is 8. The predicted molar refractivity (Wildman–Crippen MR) is 70.7 cm³/mol. The summed E-state index contributed by atoms with van der Waals surface area (Å²) in [6.07, 6.45) is -4.76. The lowest BCUT2D eigenvalue weighted by Gasteiger charge is -2.41. The van der Waals surface area contributed by atoms with Gasteiger partial charge in [-0.3, -0.25) is 9.36 Å². The number of ether oxygens (including phenoxy) is 2. The minimum Gasteiger partial charge on any atom is -0.465 e. The summed E-state index contributed by atoms with van der Waals surface area (Å²) in [4.78, 5) is 15.0. The van der Waals surface area contributed by atoms with Crippen LogP contribution in [-0.2, 0) is 4.74 Å². The molecule has 9 nitrogen and oxygen atoms in total. The van der Waals surface area contributed by atoms with Crippen molar-refractivity contribution in [3.8, 4) is 6.01 Å². The zero-order valence-corrected chi connectivity index (χ0v) is 11.5. The van der Waals surface area contributed by atoms with Gasteiger partial charge in [0.15, 0.2) is 6.23 Å². The molecule has 1 unspecified atom stereocenters. The highest BCUT2D eigenvalue weighted by Gasteiger charge is 2.44. The summed E-state index contributed by atoms with van der Waals surface area (Å²) in [7, 11) is 0. The minimum atomic E-state index is -1.44. The summed E-state index contributed by atoms with van der Waals surface area (Å²) in [6.45, 7) is 1.92. The maximum absolute atomic E-state index is 11.3. The van der Waals surface area contributed by atoms with Gasteiger partial charge in [-0.05, 0) is 6.92 Å². The molecule has 0 amide bonds. The molecule has 0 spiro atoms. The quantitative estimate of drug-likeness (QED) is 0.482. The monoisotopic (exact) mass is 301 g/mol. The third-order valence-corrected chi connectivity index (χ3v) is 3.27. The molecule has 1 aromatic heterocycles. The largest absolute Gasteiger partial charge is 0.465 e. The number of aromatic nitrogens is 2. The smallest absolute Gasteiger partial charge is 0.301 e. The van der Waals surface area contributed by atoms with Gasteiger partial charge in [0.1, 0.15) is 24.4 Å². The van der Waals surface area contributed by atoms with Gasteiger partial charge in [-0.2, -0.15) is 4.98 Å². The molecule has 0 bridgehead atoms. The van der Waals surface area contributed by atoms with Crippen LogP contribution in [0.2, 0.25) is 0 Å². The SMILES string of the molecule is CCOc1nc(=O)ccn1C1O[C@H](CN)[C@@H](O)[C@H](O)[C@H]1O. The zero-order valence-electron chi connectivity index (χ0n) is 11.5. The first kappa shape index (κ1) is 15.9. The van der Waals surface area contributed by atoms with E-state index in [0.717, 1.165) is 0 Å². The van der Waals surface area contributed by atoms with Crippen molar-refractivity contribution < 1.29 is 24.8 Å². The van der Waals surface area contributed by atoms with Gasteiger partial charge in [-0.25, -0.2) is 0 Å². The van der Waals surface area contributed by atoms with E-state index in [0.29, 0.717) is 0 Å². The molecule has 5 N–H and O–H groups in total. The number of rotatable bonds is 4. The molecule has 9 heteroatoms. The van der Waals surface area contributed by atoms with E-state index in [4.69, 9.17) is 15.2 Å². The lowest BCUT2D eigenvalue weighted by atomic mass is 9.98. The highest BCUT2D eigenvalue weighted by Crippen LogP contribution is 2.29. The number of aliphatic hydroxyl groups is 3. The Bertz CT molecular complexity index is 534. The Morgan fingerprint density at radius 1 is 1.38 bits per heavy atom. The van der Waals surface area contributed by atoms with Crippen molar-refractivity contribution >= 4 is 0 Å². The zero-order chi connectivity index (χ0) is 15.6. The fraction of sp³-hybridized carbons (Fsp3) is 0.667. The minimum absolute atomic E-state index is 0.0426. The summed E-state index contributed by atoms with van der Waals surface area (Å²) >= 11 is 0. The van der Waals surface area contributed by atoms with Crippen molar-refractivity contribution in [2.24, 2.45) is 5.73 Å². The van der Waals surface area contributed by atoms with Crippen LogP contribution >= 0.6 is 0 Å². The third-order valence-electron chi connectivity index (χ3n) is 3.27. The summed E-state index contributed by atoms with van der Waals surface area (Å²) in [6, 6.07) is 1.13. The highest BCUT2D eigenvalue weighted by atomic mass is 16.6. The van der Waals surface area contributed by atoms with Crippen LogP contribution in [0.5, 0.6) is 6.01 Å². The maximum Gasteiger partial charge on any atom is 0.301 e. The Balaban J connectivity index is 2.37. The molecular formula is C12H19N3O6. The fourth-order valence-electron chi connectivity index (χ4n) is 2.18. The maximum atomic E-state index is 11.3. The number of aliphatic hydroxyl groups excluding tert-OH is 3. The third kappa shape index (κ3) is 3.06. The summed E-state index contributed by atoms with van der Waals surface area (Å²) < 4.78 is 12.0. The van der Waals surface area contributed by atoms with Crippen LogP contribution in [-0.4, -0.2) is 62.4 Å². The molecule has 0 radical (unpaired) electrons. The molecule has 1 aliphatic rings. The standard InChI is InChI=1S/C12H19N3O6/c1-2-20-12-14-7(16)3-4-15(12)11-10(19)9(18)8(17)6(5-13)21-11/h3-4,6,8-11,17-19H,2,5,13H2,1H3/t6-,8-,9+,10-,11?/m1/s1. The van der Waals surface area contributed by atoms with Crippen molar-refractivity contribution in [2.45, 2.75) is 37.6 Å². The van der Waals surface area contributed by atoms with Gasteiger partial charge in [-0.15, -0.1) is 0 Å². The first-order chi connectivity index (χ1) is 9.99. The van der Waals surface area contributed by atoms with E-state index >= 15 is 0 Å². The van der Waals surface area contributed by atoms with Crippen LogP contribution in [0.4, 0.5) is 0 Å². The summed E-state index contributed by atoms with van der Waals surface area (Å²) in [5.41, 5.74) is 4.97. The van der Waals surface area contributed by atoms with Crippen LogP contribution in [0, 0.1) is 0 Å². The molecule has 0 aliphatic carbocycles. The second kappa shape index (κ2) is 6.50. The molecule has 5 atom stereocenters. The van der Waals surface area contributed by atoms with E-state index in [1.165, 1.54) is 16.8 Å². The molecule has 2 rings (SSSR count). The van der Waals surface area contributed by atoms with Gasteiger partial charge < -0.3 is 30.5 Å². The molecule has 0 saturated carbocycles. The van der Waals surface area contributed by atoms with Crippen molar-refractivity contribution in [2.75, 3.05) is 13.2 Å². The number of nitrogens with two attached hydrogens (primary N) is 1. The van der Waals surface area contributed by atoms with Gasteiger partial charge in [-0.1, -0.05) is 0 Å². The summed E-state index contributed by atoms with van der Waals surface area (Å²) in [5.74, 6) is 0. The van der Waals surface area contributed by atoms with Crippen LogP contribution in [0.3, 0.4) is 0 Å². The Morgan fingerprint density at radius 2 is 2.10 bits per heavy atom. The average Bonchev–Trinajstić information content (AvgIpc) is 2.47. The lowest BCUT2D eigenvalue weighted by molar-refractivity contribution is -0.243. The fourth-order valence-corrected chi connectivity index (χ4v) is 2.18. The van der Waals surface area contributed by atoms with Gasteiger partial charge in [0.05, 0.1) is 6.61 Å². The molecule has 1 saturated heterocycles. The number of nitrogens with zero attached hydrogens (tertiary/aromatic N) is 2. The van der Waals surface area contributed by atoms with Crippen molar-refractivity contribution in [3.63, 3.8) is 0 Å². The molecule has 0 aromatic carbocycles. The van der Waals surface area contributed by atoms with Gasteiger partial charge in [0.25, 0.3) is 5.56 Å².